The van der Waals surface area contributed by atoms with Gasteiger partial charge in [0.1, 0.15) is 5.82 Å². The van der Waals surface area contributed by atoms with Crippen molar-refractivity contribution < 1.29 is 0 Å². The normalized spacial score (nSPS) is 10.5. The fourth-order valence-electron chi connectivity index (χ4n) is 1.45. The minimum atomic E-state index is 0.791. The van der Waals surface area contributed by atoms with Gasteiger partial charge in [-0.2, -0.15) is 0 Å². The van der Waals surface area contributed by atoms with E-state index in [-0.39, 0.29) is 0 Å². The summed E-state index contributed by atoms with van der Waals surface area (Å²) in [4.78, 5) is 10.1. The van der Waals surface area contributed by atoms with E-state index in [9.17, 15) is 0 Å². The van der Waals surface area contributed by atoms with Gasteiger partial charge in [0, 0.05) is 28.2 Å². The van der Waals surface area contributed by atoms with Gasteiger partial charge >= 0.3 is 0 Å². The maximum Gasteiger partial charge on any atom is 0.171 e. The van der Waals surface area contributed by atoms with E-state index in [1.165, 1.54) is 0 Å². The summed E-state index contributed by atoms with van der Waals surface area (Å²) >= 11 is 5.09. The lowest BCUT2D eigenvalue weighted by Crippen LogP contribution is -2.04. The smallest absolute Gasteiger partial charge is 0.171 e. The molecule has 2 aromatic rings. The zero-order chi connectivity index (χ0) is 12.3. The highest BCUT2D eigenvalue weighted by Gasteiger charge is 2.07. The molecular formula is C12H14BrN3S. The summed E-state index contributed by atoms with van der Waals surface area (Å²) in [5.74, 6) is 1.69. The molecule has 0 aliphatic carbocycles. The highest BCUT2D eigenvalue weighted by molar-refractivity contribution is 9.10. The monoisotopic (exact) mass is 311 g/mol. The molecule has 1 N–H and O–H groups in total. The largest absolute Gasteiger partial charge is 0.370 e. The fraction of sp³-hybridized carbons (Fsp3) is 0.333. The molecule has 0 saturated heterocycles. The number of nitrogens with zero attached hydrogens (tertiary/aromatic N) is 2. The minimum absolute atomic E-state index is 0.791. The lowest BCUT2D eigenvalue weighted by molar-refractivity contribution is 0.963. The zero-order valence-electron chi connectivity index (χ0n) is 9.83. The van der Waals surface area contributed by atoms with Gasteiger partial charge in [-0.1, -0.05) is 6.92 Å². The number of hydrogen-bond acceptors (Lipinski definition) is 4. The second-order valence-electron chi connectivity index (χ2n) is 3.77. The predicted molar refractivity (Wildman–Crippen MR) is 76.6 cm³/mol. The van der Waals surface area contributed by atoms with Gasteiger partial charge in [0.05, 0.1) is 4.88 Å². The number of aryl methyl sites for hydroxylation is 1. The van der Waals surface area contributed by atoms with Crippen LogP contribution >= 0.6 is 27.3 Å². The van der Waals surface area contributed by atoms with Gasteiger partial charge < -0.3 is 5.32 Å². The second kappa shape index (κ2) is 5.60. The maximum atomic E-state index is 4.52. The van der Waals surface area contributed by atoms with E-state index < -0.39 is 0 Å². The Labute approximate surface area is 113 Å². The van der Waals surface area contributed by atoms with E-state index in [1.807, 2.05) is 24.4 Å². The standard InChI is InChI=1S/C12H14BrN3S/c1-3-4-14-11-5-8(2)15-12(16-11)10-6-9(13)7-17-10/h5-7H,3-4H2,1-2H3,(H,14,15,16). The number of thiophene rings is 1. The van der Waals surface area contributed by atoms with Crippen LogP contribution in [0.15, 0.2) is 22.0 Å². The number of anilines is 1. The molecule has 2 heterocycles. The average Bonchev–Trinajstić information content (AvgIpc) is 2.72. The number of halogens is 1. The lowest BCUT2D eigenvalue weighted by Gasteiger charge is -2.06. The number of rotatable bonds is 4. The molecule has 2 rings (SSSR count). The van der Waals surface area contributed by atoms with Crippen LogP contribution in [0.4, 0.5) is 5.82 Å². The molecule has 90 valence electrons. The van der Waals surface area contributed by atoms with E-state index in [0.717, 1.165) is 39.7 Å². The molecule has 0 fully saturated rings. The first-order valence-corrected chi connectivity index (χ1v) is 7.20. The van der Waals surface area contributed by atoms with Gasteiger partial charge in [0.25, 0.3) is 0 Å². The quantitative estimate of drug-likeness (QED) is 0.923. The first-order valence-electron chi connectivity index (χ1n) is 5.53. The van der Waals surface area contributed by atoms with Crippen LogP contribution in [0.1, 0.15) is 19.0 Å². The Morgan fingerprint density at radius 2 is 2.18 bits per heavy atom. The van der Waals surface area contributed by atoms with Gasteiger partial charge in [-0.05, 0) is 35.3 Å². The Morgan fingerprint density at radius 3 is 2.82 bits per heavy atom. The lowest BCUT2D eigenvalue weighted by atomic mass is 10.3. The number of hydrogen-bond donors (Lipinski definition) is 1. The summed E-state index contributed by atoms with van der Waals surface area (Å²) in [6, 6.07) is 4.02. The Bertz CT molecular complexity index is 510. The molecule has 3 nitrogen and oxygen atoms in total. The molecule has 0 radical (unpaired) electrons. The van der Waals surface area contributed by atoms with E-state index in [2.05, 4.69) is 38.1 Å². The number of nitrogens with one attached hydrogen (secondary N) is 1. The maximum absolute atomic E-state index is 4.52. The topological polar surface area (TPSA) is 37.8 Å². The third-order valence-corrected chi connectivity index (χ3v) is 3.89. The average molecular weight is 312 g/mol. The second-order valence-corrected chi connectivity index (χ2v) is 5.60. The van der Waals surface area contributed by atoms with Crippen molar-refractivity contribution in [1.82, 2.24) is 9.97 Å². The summed E-state index contributed by atoms with van der Waals surface area (Å²) < 4.78 is 1.07. The summed E-state index contributed by atoms with van der Waals surface area (Å²) in [6.45, 7) is 5.06. The van der Waals surface area contributed by atoms with Crippen molar-refractivity contribution in [3.05, 3.63) is 27.7 Å². The molecule has 2 aromatic heterocycles. The first kappa shape index (κ1) is 12.5. The highest BCUT2D eigenvalue weighted by atomic mass is 79.9. The van der Waals surface area contributed by atoms with Crippen LogP contribution in [0, 0.1) is 6.92 Å². The molecule has 0 aliphatic heterocycles. The summed E-state index contributed by atoms with van der Waals surface area (Å²) in [6.07, 6.45) is 1.09. The fourth-order valence-corrected chi connectivity index (χ4v) is 2.81. The van der Waals surface area contributed by atoms with Gasteiger partial charge in [-0.3, -0.25) is 0 Å². The molecule has 0 aliphatic rings. The van der Waals surface area contributed by atoms with E-state index in [1.54, 1.807) is 11.3 Å². The Kier molecular flexibility index (Phi) is 4.12. The van der Waals surface area contributed by atoms with Crippen LogP contribution in [0.3, 0.4) is 0 Å². The van der Waals surface area contributed by atoms with Gasteiger partial charge in [0.15, 0.2) is 5.82 Å². The molecular weight excluding hydrogens is 298 g/mol. The summed E-state index contributed by atoms with van der Waals surface area (Å²) in [7, 11) is 0. The molecule has 17 heavy (non-hydrogen) atoms. The van der Waals surface area contributed by atoms with Gasteiger partial charge in [-0.25, -0.2) is 9.97 Å². The van der Waals surface area contributed by atoms with Crippen molar-refractivity contribution in [2.24, 2.45) is 0 Å². The SMILES string of the molecule is CCCNc1cc(C)nc(-c2cc(Br)cs2)n1. The van der Waals surface area contributed by atoms with Crippen LogP contribution in [0.25, 0.3) is 10.7 Å². The molecule has 0 saturated carbocycles. The van der Waals surface area contributed by atoms with Crippen molar-refractivity contribution in [3.63, 3.8) is 0 Å². The van der Waals surface area contributed by atoms with Crippen LogP contribution < -0.4 is 5.32 Å². The van der Waals surface area contributed by atoms with Crippen LogP contribution in [0.2, 0.25) is 0 Å². The van der Waals surface area contributed by atoms with Crippen LogP contribution in [-0.2, 0) is 0 Å². The highest BCUT2D eigenvalue weighted by Crippen LogP contribution is 2.28. The summed E-state index contributed by atoms with van der Waals surface area (Å²) in [5.41, 5.74) is 0.984. The molecule has 0 spiro atoms. The minimum Gasteiger partial charge on any atom is -0.370 e. The molecule has 0 bridgehead atoms. The Hall–Kier alpha value is -0.940. The van der Waals surface area contributed by atoms with Gasteiger partial charge in [0.2, 0.25) is 0 Å². The van der Waals surface area contributed by atoms with Crippen molar-refractivity contribution in [2.75, 3.05) is 11.9 Å². The molecule has 0 aromatic carbocycles. The predicted octanol–water partition coefficient (Wildman–Crippen LogP) is 4.10. The third-order valence-electron chi connectivity index (χ3n) is 2.20. The van der Waals surface area contributed by atoms with E-state index in [0.29, 0.717) is 0 Å². The summed E-state index contributed by atoms with van der Waals surface area (Å²) in [5, 5.41) is 5.34. The molecule has 0 unspecified atom stereocenters. The first-order chi connectivity index (χ1) is 8.19. The van der Waals surface area contributed by atoms with E-state index >= 15 is 0 Å². The Balaban J connectivity index is 2.31. The Morgan fingerprint density at radius 1 is 1.35 bits per heavy atom. The van der Waals surface area contributed by atoms with Crippen LogP contribution in [-0.4, -0.2) is 16.5 Å². The molecule has 5 heteroatoms. The third kappa shape index (κ3) is 3.26. The van der Waals surface area contributed by atoms with Crippen molar-refractivity contribution in [3.8, 4) is 10.7 Å². The van der Waals surface area contributed by atoms with Crippen molar-refractivity contribution >= 4 is 33.1 Å². The molecule has 0 amide bonds. The number of aromatic nitrogens is 2. The zero-order valence-corrected chi connectivity index (χ0v) is 12.2. The molecule has 0 atom stereocenters. The van der Waals surface area contributed by atoms with Gasteiger partial charge in [-0.15, -0.1) is 11.3 Å². The van der Waals surface area contributed by atoms with Crippen molar-refractivity contribution in [1.29, 1.82) is 0 Å². The van der Waals surface area contributed by atoms with Crippen LogP contribution in [0.5, 0.6) is 0 Å². The van der Waals surface area contributed by atoms with E-state index in [4.69, 9.17) is 0 Å². The van der Waals surface area contributed by atoms with Crippen molar-refractivity contribution in [2.45, 2.75) is 20.3 Å².